The SMILES string of the molecule is Cn1cnc(Oc2nsnc2Cl)n1. The van der Waals surface area contributed by atoms with Gasteiger partial charge in [0.1, 0.15) is 6.33 Å². The zero-order chi connectivity index (χ0) is 9.26. The van der Waals surface area contributed by atoms with Crippen LogP contribution in [0.15, 0.2) is 6.33 Å². The van der Waals surface area contributed by atoms with Crippen molar-refractivity contribution in [3.63, 3.8) is 0 Å². The molecular formula is C5H4ClN5OS. The quantitative estimate of drug-likeness (QED) is 0.754. The molecule has 0 aromatic carbocycles. The second-order valence-corrected chi connectivity index (χ2v) is 3.05. The predicted octanol–water partition coefficient (Wildman–Crippen LogP) is 1.11. The number of hydrogen-bond donors (Lipinski definition) is 0. The Balaban J connectivity index is 2.19. The fraction of sp³-hybridized carbons (Fsp3) is 0.200. The van der Waals surface area contributed by atoms with Gasteiger partial charge >= 0.3 is 6.01 Å². The van der Waals surface area contributed by atoms with Gasteiger partial charge in [-0.1, -0.05) is 11.6 Å². The van der Waals surface area contributed by atoms with Crippen molar-refractivity contribution < 1.29 is 4.74 Å². The molecule has 0 aliphatic carbocycles. The molecule has 13 heavy (non-hydrogen) atoms. The van der Waals surface area contributed by atoms with E-state index in [1.165, 1.54) is 11.0 Å². The number of aromatic nitrogens is 5. The Bertz CT molecular complexity index is 412. The van der Waals surface area contributed by atoms with Gasteiger partial charge in [0.15, 0.2) is 0 Å². The van der Waals surface area contributed by atoms with Crippen molar-refractivity contribution in [2.24, 2.45) is 7.05 Å². The summed E-state index contributed by atoms with van der Waals surface area (Å²) in [6, 6.07) is 0.206. The summed E-state index contributed by atoms with van der Waals surface area (Å²) < 4.78 is 14.2. The molecular weight excluding hydrogens is 214 g/mol. The molecule has 0 bridgehead atoms. The summed E-state index contributed by atoms with van der Waals surface area (Å²) in [6.07, 6.45) is 1.52. The number of aryl methyl sites for hydroxylation is 1. The monoisotopic (exact) mass is 217 g/mol. The van der Waals surface area contributed by atoms with E-state index in [2.05, 4.69) is 18.8 Å². The van der Waals surface area contributed by atoms with Crippen LogP contribution >= 0.6 is 23.3 Å². The molecule has 0 saturated heterocycles. The molecule has 6 nitrogen and oxygen atoms in total. The third-order valence-electron chi connectivity index (χ3n) is 1.19. The molecule has 2 rings (SSSR count). The van der Waals surface area contributed by atoms with E-state index in [-0.39, 0.29) is 17.0 Å². The first-order valence-electron chi connectivity index (χ1n) is 3.27. The summed E-state index contributed by atoms with van der Waals surface area (Å²) in [4.78, 5) is 3.84. The van der Waals surface area contributed by atoms with Crippen LogP contribution in [0.2, 0.25) is 5.15 Å². The molecule has 0 spiro atoms. The van der Waals surface area contributed by atoms with Crippen molar-refractivity contribution in [1.82, 2.24) is 23.5 Å². The minimum Gasteiger partial charge on any atom is -0.400 e. The lowest BCUT2D eigenvalue weighted by Crippen LogP contribution is -1.90. The molecule has 2 aromatic heterocycles. The van der Waals surface area contributed by atoms with Gasteiger partial charge in [0.2, 0.25) is 5.15 Å². The highest BCUT2D eigenvalue weighted by atomic mass is 35.5. The van der Waals surface area contributed by atoms with Crippen molar-refractivity contribution in [1.29, 1.82) is 0 Å². The van der Waals surface area contributed by atoms with Gasteiger partial charge in [0.05, 0.1) is 11.7 Å². The second kappa shape index (κ2) is 3.27. The Hall–Kier alpha value is -1.21. The van der Waals surface area contributed by atoms with Crippen LogP contribution in [0.1, 0.15) is 0 Å². The molecule has 0 saturated carbocycles. The molecule has 2 heterocycles. The average Bonchev–Trinajstić information content (AvgIpc) is 2.64. The van der Waals surface area contributed by atoms with Gasteiger partial charge in [-0.15, -0.1) is 9.47 Å². The number of ether oxygens (including phenoxy) is 1. The largest absolute Gasteiger partial charge is 0.400 e. The molecule has 2 aromatic rings. The Labute approximate surface area is 82.5 Å². The smallest absolute Gasteiger partial charge is 0.342 e. The molecule has 0 atom stereocenters. The van der Waals surface area contributed by atoms with Crippen LogP contribution in [0, 0.1) is 0 Å². The number of nitrogens with zero attached hydrogens (tertiary/aromatic N) is 5. The first-order valence-corrected chi connectivity index (χ1v) is 4.38. The maximum atomic E-state index is 5.65. The molecule has 0 aliphatic heterocycles. The lowest BCUT2D eigenvalue weighted by molar-refractivity contribution is 0.427. The molecule has 0 amide bonds. The van der Waals surface area contributed by atoms with Gasteiger partial charge < -0.3 is 4.74 Å². The first-order chi connectivity index (χ1) is 6.25. The van der Waals surface area contributed by atoms with Crippen LogP contribution < -0.4 is 4.74 Å². The maximum Gasteiger partial charge on any atom is 0.342 e. The third kappa shape index (κ3) is 1.76. The van der Waals surface area contributed by atoms with Crippen molar-refractivity contribution >= 4 is 23.3 Å². The summed E-state index contributed by atoms with van der Waals surface area (Å²) in [5.41, 5.74) is 0. The normalized spacial score (nSPS) is 10.3. The van der Waals surface area contributed by atoms with E-state index in [0.717, 1.165) is 11.7 Å². The van der Waals surface area contributed by atoms with E-state index in [0.29, 0.717) is 0 Å². The van der Waals surface area contributed by atoms with E-state index in [9.17, 15) is 0 Å². The molecule has 0 radical (unpaired) electrons. The maximum absolute atomic E-state index is 5.65. The molecule has 0 N–H and O–H groups in total. The lowest BCUT2D eigenvalue weighted by Gasteiger charge is -1.93. The fourth-order valence-electron chi connectivity index (χ4n) is 0.684. The molecule has 68 valence electrons. The predicted molar refractivity (Wildman–Crippen MR) is 46.0 cm³/mol. The van der Waals surface area contributed by atoms with Gasteiger partial charge in [-0.3, -0.25) is 4.68 Å². The topological polar surface area (TPSA) is 65.7 Å². The van der Waals surface area contributed by atoms with Crippen LogP contribution in [0.25, 0.3) is 0 Å². The Morgan fingerprint density at radius 2 is 2.38 bits per heavy atom. The van der Waals surface area contributed by atoms with Crippen LogP contribution in [-0.4, -0.2) is 23.5 Å². The summed E-state index contributed by atoms with van der Waals surface area (Å²) in [5, 5.41) is 4.11. The van der Waals surface area contributed by atoms with Crippen molar-refractivity contribution in [3.05, 3.63) is 11.5 Å². The minimum absolute atomic E-state index is 0.206. The molecule has 8 heteroatoms. The van der Waals surface area contributed by atoms with Gasteiger partial charge in [0.25, 0.3) is 5.88 Å². The minimum atomic E-state index is 0.206. The van der Waals surface area contributed by atoms with Gasteiger partial charge in [-0.05, 0) is 0 Å². The van der Waals surface area contributed by atoms with E-state index in [4.69, 9.17) is 16.3 Å². The Morgan fingerprint density at radius 3 is 2.92 bits per heavy atom. The molecule has 0 aliphatic rings. The van der Waals surface area contributed by atoms with Gasteiger partial charge in [-0.25, -0.2) is 0 Å². The van der Waals surface area contributed by atoms with Crippen molar-refractivity contribution in [3.8, 4) is 11.9 Å². The summed E-state index contributed by atoms with van der Waals surface area (Å²) >= 11 is 6.62. The van der Waals surface area contributed by atoms with Crippen molar-refractivity contribution in [2.75, 3.05) is 0 Å². The van der Waals surface area contributed by atoms with Crippen molar-refractivity contribution in [2.45, 2.75) is 0 Å². The third-order valence-corrected chi connectivity index (χ3v) is 2.05. The van der Waals surface area contributed by atoms with E-state index < -0.39 is 0 Å². The Kier molecular flexibility index (Phi) is 2.11. The Morgan fingerprint density at radius 1 is 1.54 bits per heavy atom. The van der Waals surface area contributed by atoms with E-state index in [1.807, 2.05) is 0 Å². The highest BCUT2D eigenvalue weighted by molar-refractivity contribution is 6.99. The number of hydrogen-bond acceptors (Lipinski definition) is 6. The second-order valence-electron chi connectivity index (χ2n) is 2.16. The number of halogens is 1. The lowest BCUT2D eigenvalue weighted by atomic mass is 10.8. The number of rotatable bonds is 2. The van der Waals surface area contributed by atoms with Crippen LogP contribution in [0.4, 0.5) is 0 Å². The van der Waals surface area contributed by atoms with Gasteiger partial charge in [-0.2, -0.15) is 9.36 Å². The van der Waals surface area contributed by atoms with Crippen LogP contribution in [-0.2, 0) is 7.05 Å². The van der Waals surface area contributed by atoms with Crippen LogP contribution in [0.5, 0.6) is 11.9 Å². The summed E-state index contributed by atoms with van der Waals surface area (Å²) in [5.74, 6) is 0.234. The fourth-order valence-corrected chi connectivity index (χ4v) is 1.30. The highest BCUT2D eigenvalue weighted by Gasteiger charge is 2.09. The highest BCUT2D eigenvalue weighted by Crippen LogP contribution is 2.24. The molecule has 0 fully saturated rings. The average molecular weight is 218 g/mol. The summed E-state index contributed by atoms with van der Waals surface area (Å²) in [6.45, 7) is 0. The van der Waals surface area contributed by atoms with Gasteiger partial charge in [0, 0.05) is 7.05 Å². The van der Waals surface area contributed by atoms with E-state index >= 15 is 0 Å². The van der Waals surface area contributed by atoms with E-state index in [1.54, 1.807) is 7.05 Å². The summed E-state index contributed by atoms with van der Waals surface area (Å²) in [7, 11) is 1.74. The van der Waals surface area contributed by atoms with Crippen LogP contribution in [0.3, 0.4) is 0 Å². The standard InChI is InChI=1S/C5H4ClN5OS/c1-11-2-7-5(8-11)12-4-3(6)9-13-10-4/h2H,1H3. The zero-order valence-electron chi connectivity index (χ0n) is 6.51. The molecule has 0 unspecified atom stereocenters. The first kappa shape index (κ1) is 8.39. The zero-order valence-corrected chi connectivity index (χ0v) is 8.08.